The normalized spacial score (nSPS) is 14.7. The summed E-state index contributed by atoms with van der Waals surface area (Å²) >= 11 is 0. The van der Waals surface area contributed by atoms with Crippen LogP contribution in [0.2, 0.25) is 0 Å². The van der Waals surface area contributed by atoms with Gasteiger partial charge in [-0.3, -0.25) is 19.5 Å². The van der Waals surface area contributed by atoms with Gasteiger partial charge in [-0.1, -0.05) is 18.2 Å². The molecule has 7 nitrogen and oxygen atoms in total. The van der Waals surface area contributed by atoms with Crippen LogP contribution >= 0.6 is 0 Å². The topological polar surface area (TPSA) is 91.0 Å². The van der Waals surface area contributed by atoms with E-state index in [0.717, 1.165) is 0 Å². The van der Waals surface area contributed by atoms with Crippen molar-refractivity contribution < 1.29 is 9.59 Å². The number of benzene rings is 1. The van der Waals surface area contributed by atoms with Crippen LogP contribution in [0.25, 0.3) is 0 Å². The molecule has 1 aliphatic carbocycles. The SMILES string of the molecule is CC(C)(C)NC(=O)C(c1cccnc1)N(C(=O)c1cnc[nH]1)c1ccc(C2CC2)cc1. The van der Waals surface area contributed by atoms with E-state index in [1.165, 1.54) is 35.8 Å². The van der Waals surface area contributed by atoms with Crippen molar-refractivity contribution in [2.75, 3.05) is 4.90 Å². The number of carbonyl (C=O) groups excluding carboxylic acids is 2. The molecule has 1 unspecified atom stereocenters. The quantitative estimate of drug-likeness (QED) is 0.635. The maximum Gasteiger partial charge on any atom is 0.277 e. The Morgan fingerprint density at radius 2 is 1.84 bits per heavy atom. The Kier molecular flexibility index (Phi) is 5.59. The van der Waals surface area contributed by atoms with Crippen LogP contribution in [0, 0.1) is 0 Å². The van der Waals surface area contributed by atoms with Crippen molar-refractivity contribution in [2.24, 2.45) is 0 Å². The second kappa shape index (κ2) is 8.34. The lowest BCUT2D eigenvalue weighted by atomic mass is 10.0. The van der Waals surface area contributed by atoms with Gasteiger partial charge in [0.05, 0.1) is 12.5 Å². The number of aromatic nitrogens is 3. The fourth-order valence-corrected chi connectivity index (χ4v) is 3.60. The van der Waals surface area contributed by atoms with E-state index in [2.05, 4.69) is 20.3 Å². The molecular formula is C24H27N5O2. The summed E-state index contributed by atoms with van der Waals surface area (Å²) in [5.74, 6) is -0.0154. The maximum absolute atomic E-state index is 13.6. The molecule has 0 bridgehead atoms. The van der Waals surface area contributed by atoms with Crippen molar-refractivity contribution in [3.8, 4) is 0 Å². The second-order valence-corrected chi connectivity index (χ2v) is 8.93. The number of nitrogens with one attached hydrogen (secondary N) is 2. The number of pyridine rings is 1. The summed E-state index contributed by atoms with van der Waals surface area (Å²) in [4.78, 5) is 39.6. The predicted octanol–water partition coefficient (Wildman–Crippen LogP) is 3.98. The van der Waals surface area contributed by atoms with Gasteiger partial charge >= 0.3 is 0 Å². The summed E-state index contributed by atoms with van der Waals surface area (Å²) in [5.41, 5.74) is 2.37. The maximum atomic E-state index is 13.6. The number of imidazole rings is 1. The first kappa shape index (κ1) is 20.8. The number of hydrogen-bond acceptors (Lipinski definition) is 4. The summed E-state index contributed by atoms with van der Waals surface area (Å²) in [6.45, 7) is 5.74. The number of anilines is 1. The highest BCUT2D eigenvalue weighted by Crippen LogP contribution is 2.41. The Morgan fingerprint density at radius 1 is 1.10 bits per heavy atom. The molecule has 2 heterocycles. The first-order valence-corrected chi connectivity index (χ1v) is 10.5. The number of amides is 2. The molecule has 7 heteroatoms. The van der Waals surface area contributed by atoms with Crippen LogP contribution in [0.4, 0.5) is 5.69 Å². The molecule has 1 aromatic carbocycles. The molecule has 2 amide bonds. The van der Waals surface area contributed by atoms with Crippen molar-refractivity contribution in [1.82, 2.24) is 20.3 Å². The van der Waals surface area contributed by atoms with E-state index in [1.54, 1.807) is 18.5 Å². The minimum atomic E-state index is -0.893. The first-order valence-electron chi connectivity index (χ1n) is 10.5. The molecule has 1 aliphatic rings. The highest BCUT2D eigenvalue weighted by molar-refractivity contribution is 6.09. The lowest BCUT2D eigenvalue weighted by molar-refractivity contribution is -0.123. The zero-order valence-corrected chi connectivity index (χ0v) is 18.0. The first-order chi connectivity index (χ1) is 14.8. The fraction of sp³-hybridized carbons (Fsp3) is 0.333. The van der Waals surface area contributed by atoms with Crippen molar-refractivity contribution >= 4 is 17.5 Å². The molecule has 1 atom stereocenters. The van der Waals surface area contributed by atoms with Gasteiger partial charge in [-0.2, -0.15) is 0 Å². The zero-order valence-electron chi connectivity index (χ0n) is 18.0. The van der Waals surface area contributed by atoms with Gasteiger partial charge in [0.1, 0.15) is 11.7 Å². The standard InChI is InChI=1S/C24H27N5O2/c1-24(2,3)28-22(30)21(18-5-4-12-25-13-18)29(23(31)20-14-26-15-27-20)19-10-8-17(9-11-19)16-6-7-16/h4-5,8-16,21H,6-7H2,1-3H3,(H,26,27)(H,28,30). The van der Waals surface area contributed by atoms with Gasteiger partial charge in [0.15, 0.2) is 0 Å². The largest absolute Gasteiger partial charge is 0.349 e. The number of rotatable bonds is 6. The molecule has 2 N–H and O–H groups in total. The van der Waals surface area contributed by atoms with E-state index in [0.29, 0.717) is 22.9 Å². The van der Waals surface area contributed by atoms with Gasteiger partial charge in [-0.05, 0) is 63.3 Å². The average molecular weight is 418 g/mol. The summed E-state index contributed by atoms with van der Waals surface area (Å²) < 4.78 is 0. The van der Waals surface area contributed by atoms with Crippen LogP contribution in [0.15, 0.2) is 61.3 Å². The molecule has 0 radical (unpaired) electrons. The van der Waals surface area contributed by atoms with Gasteiger partial charge in [-0.15, -0.1) is 0 Å². The number of nitrogens with zero attached hydrogens (tertiary/aromatic N) is 3. The third-order valence-corrected chi connectivity index (χ3v) is 5.17. The third-order valence-electron chi connectivity index (χ3n) is 5.17. The molecule has 0 aliphatic heterocycles. The molecule has 31 heavy (non-hydrogen) atoms. The lowest BCUT2D eigenvalue weighted by Crippen LogP contribution is -2.49. The van der Waals surface area contributed by atoms with E-state index in [1.807, 2.05) is 51.1 Å². The second-order valence-electron chi connectivity index (χ2n) is 8.93. The molecule has 160 valence electrons. The summed E-state index contributed by atoms with van der Waals surface area (Å²) in [7, 11) is 0. The van der Waals surface area contributed by atoms with Gasteiger partial charge in [0.2, 0.25) is 5.91 Å². The average Bonchev–Trinajstić information content (AvgIpc) is 3.44. The highest BCUT2D eigenvalue weighted by Gasteiger charge is 2.36. The predicted molar refractivity (Wildman–Crippen MR) is 119 cm³/mol. The number of carbonyl (C=O) groups is 2. The summed E-state index contributed by atoms with van der Waals surface area (Å²) in [6.07, 6.45) is 8.59. The molecular weight excluding hydrogens is 390 g/mol. The minimum absolute atomic E-state index is 0.278. The molecule has 0 spiro atoms. The van der Waals surface area contributed by atoms with Crippen LogP contribution < -0.4 is 10.2 Å². The Morgan fingerprint density at radius 3 is 2.39 bits per heavy atom. The van der Waals surface area contributed by atoms with Crippen molar-refractivity contribution in [3.05, 3.63) is 78.1 Å². The zero-order chi connectivity index (χ0) is 22.0. The van der Waals surface area contributed by atoms with Crippen LogP contribution in [0.3, 0.4) is 0 Å². The van der Waals surface area contributed by atoms with Crippen molar-refractivity contribution in [1.29, 1.82) is 0 Å². The monoisotopic (exact) mass is 417 g/mol. The third kappa shape index (κ3) is 4.82. The molecule has 4 rings (SSSR count). The van der Waals surface area contributed by atoms with Crippen LogP contribution in [-0.4, -0.2) is 32.3 Å². The smallest absolute Gasteiger partial charge is 0.277 e. The van der Waals surface area contributed by atoms with Crippen LogP contribution in [0.5, 0.6) is 0 Å². The summed E-state index contributed by atoms with van der Waals surface area (Å²) in [6, 6.07) is 10.6. The van der Waals surface area contributed by atoms with Crippen LogP contribution in [0.1, 0.15) is 67.2 Å². The Balaban J connectivity index is 1.80. The van der Waals surface area contributed by atoms with Gasteiger partial charge in [0.25, 0.3) is 5.91 Å². The molecule has 2 aromatic heterocycles. The highest BCUT2D eigenvalue weighted by atomic mass is 16.2. The van der Waals surface area contributed by atoms with Crippen LogP contribution in [-0.2, 0) is 4.79 Å². The molecule has 0 saturated heterocycles. The van der Waals surface area contributed by atoms with E-state index in [9.17, 15) is 9.59 Å². The fourth-order valence-electron chi connectivity index (χ4n) is 3.60. The molecule has 1 fully saturated rings. The van der Waals surface area contributed by atoms with E-state index >= 15 is 0 Å². The van der Waals surface area contributed by atoms with Gasteiger partial charge in [-0.25, -0.2) is 4.98 Å². The van der Waals surface area contributed by atoms with Crippen molar-refractivity contribution in [3.63, 3.8) is 0 Å². The van der Waals surface area contributed by atoms with E-state index in [-0.39, 0.29) is 11.8 Å². The van der Waals surface area contributed by atoms with Gasteiger partial charge < -0.3 is 10.3 Å². The number of hydrogen-bond donors (Lipinski definition) is 2. The van der Waals surface area contributed by atoms with Crippen molar-refractivity contribution in [2.45, 2.75) is 51.1 Å². The Labute approximate surface area is 181 Å². The molecule has 1 saturated carbocycles. The number of H-pyrrole nitrogens is 1. The minimum Gasteiger partial charge on any atom is -0.349 e. The lowest BCUT2D eigenvalue weighted by Gasteiger charge is -2.33. The Bertz CT molecular complexity index is 1040. The van der Waals surface area contributed by atoms with E-state index in [4.69, 9.17) is 0 Å². The molecule has 3 aromatic rings. The van der Waals surface area contributed by atoms with E-state index < -0.39 is 11.6 Å². The van der Waals surface area contributed by atoms with Gasteiger partial charge in [0, 0.05) is 29.2 Å². The Hall–Kier alpha value is -3.48. The number of aromatic amines is 1. The summed E-state index contributed by atoms with van der Waals surface area (Å²) in [5, 5.41) is 3.02.